The first kappa shape index (κ1) is 23.7. The van der Waals surface area contributed by atoms with Crippen LogP contribution in [-0.2, 0) is 41.4 Å². The molecule has 0 radical (unpaired) electrons. The number of aryl methyl sites for hydroxylation is 1. The van der Waals surface area contributed by atoms with Gasteiger partial charge in [-0.3, -0.25) is 14.4 Å². The predicted octanol–water partition coefficient (Wildman–Crippen LogP) is 2.77. The minimum atomic E-state index is -0.331. The van der Waals surface area contributed by atoms with Crippen LogP contribution in [0, 0.1) is 0 Å². The van der Waals surface area contributed by atoms with Crippen LogP contribution in [-0.4, -0.2) is 62.9 Å². The molecule has 7 nitrogen and oxygen atoms in total. The van der Waals surface area contributed by atoms with Crippen LogP contribution in [0.2, 0.25) is 0 Å². The van der Waals surface area contributed by atoms with Gasteiger partial charge < -0.3 is 19.1 Å². The number of Topliss-reactive ketones (excluding diaryl/α,β-unsaturated/α-hetero) is 2. The summed E-state index contributed by atoms with van der Waals surface area (Å²) in [4.78, 5) is 39.9. The summed E-state index contributed by atoms with van der Waals surface area (Å²) in [5.74, 6) is -0.602. The van der Waals surface area contributed by atoms with Gasteiger partial charge >= 0.3 is 0 Å². The van der Waals surface area contributed by atoms with Gasteiger partial charge in [0.15, 0.2) is 0 Å². The number of carbonyl (C=O) groups is 3. The molecule has 0 unspecified atom stereocenters. The van der Waals surface area contributed by atoms with Crippen molar-refractivity contribution in [3.8, 4) is 0 Å². The molecule has 172 valence electrons. The summed E-state index contributed by atoms with van der Waals surface area (Å²) in [7, 11) is 4.37. The highest BCUT2D eigenvalue weighted by Gasteiger charge is 2.34. The number of allylic oxidation sites excluding steroid dienone is 2. The van der Waals surface area contributed by atoms with Gasteiger partial charge in [0.05, 0.1) is 26.9 Å². The topological polar surface area (TPSA) is 82.1 Å². The number of ketones is 2. The molecule has 1 aromatic rings. The number of rotatable bonds is 9. The molecular weight excluding hydrogens is 410 g/mol. The summed E-state index contributed by atoms with van der Waals surface area (Å²) in [6, 6.07) is 8.00. The maximum atomic E-state index is 12.8. The second kappa shape index (κ2) is 10.6. The number of ether oxygens (including phenoxy) is 3. The Kier molecular flexibility index (Phi) is 7.85. The molecule has 0 saturated carbocycles. The molecule has 2 aliphatic rings. The van der Waals surface area contributed by atoms with Crippen LogP contribution in [0.25, 0.3) is 0 Å². The number of hydrogen-bond acceptors (Lipinski definition) is 6. The van der Waals surface area contributed by atoms with Crippen molar-refractivity contribution in [3.05, 3.63) is 58.1 Å². The molecule has 1 saturated heterocycles. The maximum Gasteiger partial charge on any atom is 0.228 e. The smallest absolute Gasteiger partial charge is 0.228 e. The van der Waals surface area contributed by atoms with Crippen molar-refractivity contribution in [2.75, 3.05) is 34.5 Å². The Morgan fingerprint density at radius 3 is 2.25 bits per heavy atom. The summed E-state index contributed by atoms with van der Waals surface area (Å²) in [5.41, 5.74) is 2.75. The predicted molar refractivity (Wildman–Crippen MR) is 119 cm³/mol. The maximum absolute atomic E-state index is 12.8. The van der Waals surface area contributed by atoms with E-state index < -0.39 is 0 Å². The Balaban J connectivity index is 1.63. The summed E-state index contributed by atoms with van der Waals surface area (Å²) in [6.07, 6.45) is 3.46. The van der Waals surface area contributed by atoms with Crippen LogP contribution in [0.3, 0.4) is 0 Å². The molecular formula is C25H31NO6. The lowest BCUT2D eigenvalue weighted by Crippen LogP contribution is -2.38. The summed E-state index contributed by atoms with van der Waals surface area (Å²) in [6.45, 7) is 3.02. The molecule has 1 aliphatic carbocycles. The van der Waals surface area contributed by atoms with E-state index in [1.165, 1.54) is 14.2 Å². The van der Waals surface area contributed by atoms with E-state index in [1.54, 1.807) is 14.0 Å². The largest absolute Gasteiger partial charge is 0.489 e. The zero-order valence-corrected chi connectivity index (χ0v) is 19.2. The monoisotopic (exact) mass is 441 g/mol. The molecule has 0 aromatic heterocycles. The summed E-state index contributed by atoms with van der Waals surface area (Å²) < 4.78 is 15.4. The lowest BCUT2D eigenvalue weighted by Gasteiger charge is -2.24. The molecule has 1 fully saturated rings. The highest BCUT2D eigenvalue weighted by molar-refractivity contribution is 6.23. The fraction of sp³-hybridized carbons (Fsp3) is 0.480. The van der Waals surface area contributed by atoms with Gasteiger partial charge in [-0.1, -0.05) is 24.3 Å². The quantitative estimate of drug-likeness (QED) is 0.548. The minimum Gasteiger partial charge on any atom is -0.489 e. The molecule has 1 amide bonds. The molecule has 1 aromatic carbocycles. The first-order chi connectivity index (χ1) is 15.4. The SMILES string of the molecule is COC[C@H]1CCCN1C(=O)CCc1ccc(CC2=C(C)C(=O)C(OC)=C(OC)C2=O)cc1. The number of hydrogen-bond donors (Lipinski definition) is 0. The van der Waals surface area contributed by atoms with Crippen molar-refractivity contribution in [2.24, 2.45) is 0 Å². The van der Waals surface area contributed by atoms with Gasteiger partial charge in [0.25, 0.3) is 0 Å². The van der Waals surface area contributed by atoms with Crippen molar-refractivity contribution in [3.63, 3.8) is 0 Å². The van der Waals surface area contributed by atoms with E-state index in [4.69, 9.17) is 14.2 Å². The molecule has 3 rings (SSSR count). The molecule has 0 spiro atoms. The molecule has 1 heterocycles. The van der Waals surface area contributed by atoms with Crippen LogP contribution >= 0.6 is 0 Å². The van der Waals surface area contributed by atoms with Gasteiger partial charge in [-0.15, -0.1) is 0 Å². The Hall–Kier alpha value is -2.93. The first-order valence-electron chi connectivity index (χ1n) is 10.9. The van der Waals surface area contributed by atoms with Crippen LogP contribution in [0.1, 0.15) is 37.3 Å². The van der Waals surface area contributed by atoms with Gasteiger partial charge in [-0.2, -0.15) is 0 Å². The fourth-order valence-corrected chi connectivity index (χ4v) is 4.36. The Morgan fingerprint density at radius 1 is 1.00 bits per heavy atom. The van der Waals surface area contributed by atoms with Crippen molar-refractivity contribution >= 4 is 17.5 Å². The third-order valence-electron chi connectivity index (χ3n) is 6.18. The van der Waals surface area contributed by atoms with Crippen LogP contribution in [0.4, 0.5) is 0 Å². The Morgan fingerprint density at radius 2 is 1.62 bits per heavy atom. The van der Waals surface area contributed by atoms with Crippen LogP contribution in [0.5, 0.6) is 0 Å². The van der Waals surface area contributed by atoms with Crippen molar-refractivity contribution in [1.29, 1.82) is 0 Å². The Bertz CT molecular complexity index is 944. The van der Waals surface area contributed by atoms with Gasteiger partial charge in [0.1, 0.15) is 0 Å². The molecule has 0 N–H and O–H groups in total. The lowest BCUT2D eigenvalue weighted by atomic mass is 9.88. The number of carbonyl (C=O) groups excluding carboxylic acids is 3. The van der Waals surface area contributed by atoms with E-state index in [0.29, 0.717) is 37.0 Å². The third-order valence-corrected chi connectivity index (χ3v) is 6.18. The van der Waals surface area contributed by atoms with Crippen molar-refractivity contribution < 1.29 is 28.6 Å². The fourth-order valence-electron chi connectivity index (χ4n) is 4.36. The minimum absolute atomic E-state index is 0.0514. The van der Waals surface area contributed by atoms with E-state index in [9.17, 15) is 14.4 Å². The average Bonchev–Trinajstić information content (AvgIpc) is 3.26. The zero-order valence-electron chi connectivity index (χ0n) is 19.2. The third kappa shape index (κ3) is 4.93. The number of amides is 1. The number of benzene rings is 1. The molecule has 32 heavy (non-hydrogen) atoms. The Labute approximate surface area is 189 Å². The molecule has 7 heteroatoms. The van der Waals surface area contributed by atoms with E-state index in [0.717, 1.165) is 30.5 Å². The normalized spacial score (nSPS) is 19.1. The lowest BCUT2D eigenvalue weighted by molar-refractivity contribution is -0.132. The highest BCUT2D eigenvalue weighted by Crippen LogP contribution is 2.28. The van der Waals surface area contributed by atoms with Crippen molar-refractivity contribution in [1.82, 2.24) is 4.90 Å². The summed E-state index contributed by atoms with van der Waals surface area (Å²) in [5, 5.41) is 0. The summed E-state index contributed by atoms with van der Waals surface area (Å²) >= 11 is 0. The van der Waals surface area contributed by atoms with E-state index in [-0.39, 0.29) is 35.0 Å². The van der Waals surface area contributed by atoms with Gasteiger partial charge in [0, 0.05) is 37.6 Å². The molecule has 1 aliphatic heterocycles. The zero-order chi connectivity index (χ0) is 23.3. The van der Waals surface area contributed by atoms with Gasteiger partial charge in [-0.25, -0.2) is 0 Å². The number of nitrogens with zero attached hydrogens (tertiary/aromatic N) is 1. The van der Waals surface area contributed by atoms with Crippen LogP contribution in [0.15, 0.2) is 46.9 Å². The number of likely N-dealkylation sites (tertiary alicyclic amines) is 1. The first-order valence-corrected chi connectivity index (χ1v) is 10.9. The molecule has 0 bridgehead atoms. The van der Waals surface area contributed by atoms with E-state index in [2.05, 4.69) is 0 Å². The average molecular weight is 442 g/mol. The number of methoxy groups -OCH3 is 3. The second-order valence-electron chi connectivity index (χ2n) is 8.16. The standard InChI is InChI=1S/C25H31NO6/c1-16-20(23(29)25(32-4)24(31-3)22(16)28)14-18-9-7-17(8-10-18)11-12-21(27)26-13-5-6-19(26)15-30-2/h7-10,19H,5-6,11-15H2,1-4H3/t19-/m1/s1. The molecule has 1 atom stereocenters. The van der Waals surface area contributed by atoms with Gasteiger partial charge in [0.2, 0.25) is 29.0 Å². The highest BCUT2D eigenvalue weighted by atomic mass is 16.5. The van der Waals surface area contributed by atoms with Crippen molar-refractivity contribution in [2.45, 2.75) is 45.1 Å². The van der Waals surface area contributed by atoms with E-state index in [1.807, 2.05) is 29.2 Å². The van der Waals surface area contributed by atoms with Gasteiger partial charge in [-0.05, 0) is 37.3 Å². The van der Waals surface area contributed by atoms with E-state index >= 15 is 0 Å². The second-order valence-corrected chi connectivity index (χ2v) is 8.16. The van der Waals surface area contributed by atoms with Crippen LogP contribution < -0.4 is 0 Å².